The van der Waals surface area contributed by atoms with Crippen molar-refractivity contribution < 1.29 is 9.26 Å². The second kappa shape index (κ2) is 3.96. The molecule has 2 rings (SSSR count). The van der Waals surface area contributed by atoms with Gasteiger partial charge >= 0.3 is 5.95 Å². The maximum atomic E-state index is 5.30. The van der Waals surface area contributed by atoms with Crippen LogP contribution >= 0.6 is 0 Å². The standard InChI is InChI=1S/C11H11NO2/c1-2-13-11-10(8-12-14-11)9-6-4-3-5-7-9/h3-8H,2H2,1H3. The molecule has 0 spiro atoms. The molecule has 0 atom stereocenters. The van der Waals surface area contributed by atoms with Crippen LogP contribution in [0.5, 0.6) is 5.95 Å². The zero-order chi connectivity index (χ0) is 9.80. The van der Waals surface area contributed by atoms with Crippen LogP contribution in [-0.2, 0) is 0 Å². The molecule has 1 heterocycles. The highest BCUT2D eigenvalue weighted by atomic mass is 16.6. The minimum atomic E-state index is 0.485. The van der Waals surface area contributed by atoms with Gasteiger partial charge in [0.15, 0.2) is 0 Å². The van der Waals surface area contributed by atoms with E-state index in [2.05, 4.69) is 5.16 Å². The highest BCUT2D eigenvalue weighted by molar-refractivity contribution is 5.66. The fourth-order valence-electron chi connectivity index (χ4n) is 1.27. The van der Waals surface area contributed by atoms with Crippen molar-refractivity contribution in [2.75, 3.05) is 6.61 Å². The maximum absolute atomic E-state index is 5.30. The van der Waals surface area contributed by atoms with E-state index in [1.807, 2.05) is 37.3 Å². The van der Waals surface area contributed by atoms with Crippen molar-refractivity contribution in [2.45, 2.75) is 6.92 Å². The van der Waals surface area contributed by atoms with Crippen molar-refractivity contribution >= 4 is 0 Å². The van der Waals surface area contributed by atoms with Gasteiger partial charge in [0.1, 0.15) is 0 Å². The highest BCUT2D eigenvalue weighted by Crippen LogP contribution is 2.29. The molecule has 3 heteroatoms. The van der Waals surface area contributed by atoms with Gasteiger partial charge in [-0.05, 0) is 12.5 Å². The largest absolute Gasteiger partial charge is 0.464 e. The van der Waals surface area contributed by atoms with Gasteiger partial charge in [0.25, 0.3) is 0 Å². The van der Waals surface area contributed by atoms with E-state index < -0.39 is 0 Å². The van der Waals surface area contributed by atoms with E-state index in [0.717, 1.165) is 11.1 Å². The van der Waals surface area contributed by atoms with Gasteiger partial charge in [0, 0.05) is 0 Å². The Balaban J connectivity index is 2.37. The molecule has 0 aliphatic rings. The summed E-state index contributed by atoms with van der Waals surface area (Å²) in [5, 5.41) is 3.72. The summed E-state index contributed by atoms with van der Waals surface area (Å²) in [7, 11) is 0. The second-order valence-corrected chi connectivity index (χ2v) is 2.83. The molecule has 0 radical (unpaired) electrons. The van der Waals surface area contributed by atoms with Crippen LogP contribution in [0.2, 0.25) is 0 Å². The molecule has 1 aromatic carbocycles. The van der Waals surface area contributed by atoms with E-state index in [-0.39, 0.29) is 0 Å². The zero-order valence-corrected chi connectivity index (χ0v) is 7.93. The molecule has 0 saturated heterocycles. The van der Waals surface area contributed by atoms with Gasteiger partial charge in [0.2, 0.25) is 0 Å². The lowest BCUT2D eigenvalue weighted by Gasteiger charge is -2.00. The summed E-state index contributed by atoms with van der Waals surface area (Å²) in [5.41, 5.74) is 1.95. The van der Waals surface area contributed by atoms with E-state index in [9.17, 15) is 0 Å². The fourth-order valence-corrected chi connectivity index (χ4v) is 1.27. The fraction of sp³-hybridized carbons (Fsp3) is 0.182. The molecule has 3 nitrogen and oxygen atoms in total. The van der Waals surface area contributed by atoms with Crippen molar-refractivity contribution in [3.8, 4) is 17.1 Å². The van der Waals surface area contributed by atoms with Crippen molar-refractivity contribution in [3.05, 3.63) is 36.5 Å². The zero-order valence-electron chi connectivity index (χ0n) is 7.93. The van der Waals surface area contributed by atoms with E-state index in [1.54, 1.807) is 6.20 Å². The minimum Gasteiger partial charge on any atom is -0.464 e. The second-order valence-electron chi connectivity index (χ2n) is 2.83. The van der Waals surface area contributed by atoms with Gasteiger partial charge in [-0.2, -0.15) is 0 Å². The van der Waals surface area contributed by atoms with Crippen LogP contribution in [0.25, 0.3) is 11.1 Å². The Labute approximate surface area is 82.3 Å². The Hall–Kier alpha value is -1.77. The quantitative estimate of drug-likeness (QED) is 0.744. The van der Waals surface area contributed by atoms with Gasteiger partial charge in [-0.25, -0.2) is 0 Å². The van der Waals surface area contributed by atoms with Gasteiger partial charge < -0.3 is 9.26 Å². The Kier molecular flexibility index (Phi) is 2.49. The smallest absolute Gasteiger partial charge is 0.319 e. The third kappa shape index (κ3) is 1.62. The predicted octanol–water partition coefficient (Wildman–Crippen LogP) is 2.74. The Morgan fingerprint density at radius 3 is 2.79 bits per heavy atom. The van der Waals surface area contributed by atoms with Crippen LogP contribution < -0.4 is 4.74 Å². The summed E-state index contributed by atoms with van der Waals surface area (Å²) < 4.78 is 10.3. The van der Waals surface area contributed by atoms with E-state index in [0.29, 0.717) is 12.6 Å². The number of benzene rings is 1. The first kappa shape index (κ1) is 8.81. The van der Waals surface area contributed by atoms with Crippen molar-refractivity contribution in [2.24, 2.45) is 0 Å². The highest BCUT2D eigenvalue weighted by Gasteiger charge is 2.09. The lowest BCUT2D eigenvalue weighted by molar-refractivity contribution is 0.226. The molecule has 0 saturated carbocycles. The molecular weight excluding hydrogens is 178 g/mol. The van der Waals surface area contributed by atoms with Crippen LogP contribution in [0.1, 0.15) is 6.92 Å². The van der Waals surface area contributed by atoms with Crippen molar-refractivity contribution in [3.63, 3.8) is 0 Å². The average Bonchev–Trinajstić information content (AvgIpc) is 2.68. The Morgan fingerprint density at radius 2 is 2.07 bits per heavy atom. The first-order valence-corrected chi connectivity index (χ1v) is 4.54. The molecular formula is C11H11NO2. The van der Waals surface area contributed by atoms with Crippen molar-refractivity contribution in [1.29, 1.82) is 0 Å². The van der Waals surface area contributed by atoms with E-state index in [1.165, 1.54) is 0 Å². The Morgan fingerprint density at radius 1 is 1.29 bits per heavy atom. The molecule has 2 aromatic rings. The number of rotatable bonds is 3. The summed E-state index contributed by atoms with van der Waals surface area (Å²) in [6.07, 6.45) is 1.67. The normalized spacial score (nSPS) is 10.1. The maximum Gasteiger partial charge on any atom is 0.319 e. The molecule has 0 aliphatic heterocycles. The molecule has 0 bridgehead atoms. The summed E-state index contributed by atoms with van der Waals surface area (Å²) in [4.78, 5) is 0. The summed E-state index contributed by atoms with van der Waals surface area (Å²) in [6.45, 7) is 2.49. The third-order valence-corrected chi connectivity index (χ3v) is 1.90. The summed E-state index contributed by atoms with van der Waals surface area (Å²) >= 11 is 0. The van der Waals surface area contributed by atoms with E-state index in [4.69, 9.17) is 9.26 Å². The summed E-state index contributed by atoms with van der Waals surface area (Å²) in [5.74, 6) is 0.485. The number of aromatic nitrogens is 1. The molecule has 1 aromatic heterocycles. The predicted molar refractivity (Wildman–Crippen MR) is 53.1 cm³/mol. The topological polar surface area (TPSA) is 35.3 Å². The van der Waals surface area contributed by atoms with Crippen LogP contribution in [0.4, 0.5) is 0 Å². The number of nitrogens with zero attached hydrogens (tertiary/aromatic N) is 1. The lowest BCUT2D eigenvalue weighted by atomic mass is 10.1. The number of hydrogen-bond acceptors (Lipinski definition) is 3. The van der Waals surface area contributed by atoms with Crippen LogP contribution in [0.15, 0.2) is 41.1 Å². The molecule has 0 amide bonds. The first-order valence-electron chi connectivity index (χ1n) is 4.54. The minimum absolute atomic E-state index is 0.485. The van der Waals surface area contributed by atoms with Gasteiger partial charge in [-0.3, -0.25) is 0 Å². The first-order chi connectivity index (χ1) is 6.92. The SMILES string of the molecule is CCOc1oncc1-c1ccccc1. The van der Waals surface area contributed by atoms with Crippen molar-refractivity contribution in [1.82, 2.24) is 5.16 Å². The monoisotopic (exact) mass is 189 g/mol. The van der Waals surface area contributed by atoms with Crippen LogP contribution in [0.3, 0.4) is 0 Å². The number of hydrogen-bond donors (Lipinski definition) is 0. The average molecular weight is 189 g/mol. The van der Waals surface area contributed by atoms with Crippen LogP contribution in [0, 0.1) is 0 Å². The van der Waals surface area contributed by atoms with E-state index >= 15 is 0 Å². The molecule has 14 heavy (non-hydrogen) atoms. The van der Waals surface area contributed by atoms with Crippen LogP contribution in [-0.4, -0.2) is 11.8 Å². The third-order valence-electron chi connectivity index (χ3n) is 1.90. The molecule has 0 N–H and O–H groups in total. The Bertz CT molecular complexity index is 395. The molecule has 0 aliphatic carbocycles. The van der Waals surface area contributed by atoms with Gasteiger partial charge in [0.05, 0.1) is 18.4 Å². The lowest BCUT2D eigenvalue weighted by Crippen LogP contribution is -1.90. The van der Waals surface area contributed by atoms with Gasteiger partial charge in [-0.15, -0.1) is 0 Å². The molecule has 0 unspecified atom stereocenters. The molecule has 72 valence electrons. The molecule has 0 fully saturated rings. The van der Waals surface area contributed by atoms with Gasteiger partial charge in [-0.1, -0.05) is 35.5 Å². The number of ether oxygens (including phenoxy) is 1. The summed E-state index contributed by atoms with van der Waals surface area (Å²) in [6, 6.07) is 9.90.